The number of ether oxygens (including phenoxy) is 1. The molecule has 24 heavy (non-hydrogen) atoms. The van der Waals surface area contributed by atoms with Crippen molar-refractivity contribution in [2.24, 2.45) is 0 Å². The van der Waals surface area contributed by atoms with E-state index in [1.807, 2.05) is 0 Å². The topological polar surface area (TPSA) is 84.7 Å². The van der Waals surface area contributed by atoms with Gasteiger partial charge in [0.2, 0.25) is 10.0 Å². The zero-order valence-electron chi connectivity index (χ0n) is 13.1. The Kier molecular flexibility index (Phi) is 4.82. The minimum atomic E-state index is -3.77. The van der Waals surface area contributed by atoms with E-state index in [4.69, 9.17) is 16.3 Å². The number of aryl methyl sites for hydroxylation is 1. The Hall–Kier alpha value is -1.61. The van der Waals surface area contributed by atoms with Crippen LogP contribution in [0, 0.1) is 0 Å². The molecule has 0 bridgehead atoms. The molecule has 0 fully saturated rings. The Balaban J connectivity index is 1.99. The number of aliphatic hydroxyl groups is 1. The molecule has 0 amide bonds. The molecule has 2 heterocycles. The number of rotatable bonds is 4. The summed E-state index contributed by atoms with van der Waals surface area (Å²) in [5, 5.41) is 13.8. The van der Waals surface area contributed by atoms with Crippen molar-refractivity contribution in [1.82, 2.24) is 14.1 Å². The molecule has 130 valence electrons. The summed E-state index contributed by atoms with van der Waals surface area (Å²) in [5.74, 6) is 0.258. The van der Waals surface area contributed by atoms with Crippen molar-refractivity contribution in [3.05, 3.63) is 40.7 Å². The second-order valence-electron chi connectivity index (χ2n) is 5.50. The molecule has 1 aromatic heterocycles. The standard InChI is InChI=1S/C15H18ClN3O4S/c1-23-14-4-3-11(16)7-15(14)24(21,22)18-5-2-6-19-13(9-18)8-12(10-20)17-19/h3-4,7-8,20H,2,5-6,9-10H2,1H3. The molecular formula is C15H18ClN3O4S. The number of hydrogen-bond acceptors (Lipinski definition) is 5. The van der Waals surface area contributed by atoms with Crippen molar-refractivity contribution in [2.75, 3.05) is 13.7 Å². The first-order chi connectivity index (χ1) is 11.5. The van der Waals surface area contributed by atoms with E-state index in [9.17, 15) is 13.5 Å². The first kappa shape index (κ1) is 17.2. The third-order valence-electron chi connectivity index (χ3n) is 3.94. The molecule has 1 N–H and O–H groups in total. The molecule has 0 saturated heterocycles. The fourth-order valence-corrected chi connectivity index (χ4v) is 4.63. The normalized spacial score (nSPS) is 15.8. The molecule has 7 nitrogen and oxygen atoms in total. The van der Waals surface area contributed by atoms with Gasteiger partial charge in [0.1, 0.15) is 10.6 Å². The van der Waals surface area contributed by atoms with E-state index in [0.717, 1.165) is 5.69 Å². The summed E-state index contributed by atoms with van der Waals surface area (Å²) in [6.07, 6.45) is 0.627. The van der Waals surface area contributed by atoms with E-state index in [1.54, 1.807) is 22.9 Å². The summed E-state index contributed by atoms with van der Waals surface area (Å²) >= 11 is 5.97. The van der Waals surface area contributed by atoms with Gasteiger partial charge in [-0.15, -0.1) is 0 Å². The Bertz CT molecular complexity index is 850. The number of benzene rings is 1. The average molecular weight is 372 g/mol. The van der Waals surface area contributed by atoms with Gasteiger partial charge in [-0.1, -0.05) is 11.6 Å². The highest BCUT2D eigenvalue weighted by Crippen LogP contribution is 2.31. The highest BCUT2D eigenvalue weighted by Gasteiger charge is 2.30. The molecule has 3 rings (SSSR count). The van der Waals surface area contributed by atoms with E-state index in [2.05, 4.69) is 5.10 Å². The molecule has 1 aromatic carbocycles. The van der Waals surface area contributed by atoms with Crippen molar-refractivity contribution < 1.29 is 18.3 Å². The van der Waals surface area contributed by atoms with Crippen molar-refractivity contribution in [3.63, 3.8) is 0 Å². The number of fused-ring (bicyclic) bond motifs is 1. The number of aliphatic hydroxyl groups excluding tert-OH is 1. The van der Waals surface area contributed by atoms with E-state index < -0.39 is 10.0 Å². The summed E-state index contributed by atoms with van der Waals surface area (Å²) in [7, 11) is -2.35. The summed E-state index contributed by atoms with van der Waals surface area (Å²) in [5.41, 5.74) is 1.28. The van der Waals surface area contributed by atoms with Crippen LogP contribution in [-0.2, 0) is 29.7 Å². The van der Waals surface area contributed by atoms with Crippen LogP contribution < -0.4 is 4.74 Å². The molecule has 2 aromatic rings. The smallest absolute Gasteiger partial charge is 0.247 e. The van der Waals surface area contributed by atoms with Crippen LogP contribution in [0.1, 0.15) is 17.8 Å². The van der Waals surface area contributed by atoms with Crippen molar-refractivity contribution in [3.8, 4) is 5.75 Å². The van der Waals surface area contributed by atoms with Crippen LogP contribution in [-0.4, -0.2) is 41.3 Å². The molecule has 1 aliphatic heterocycles. The molecule has 1 aliphatic rings. The number of nitrogens with zero attached hydrogens (tertiary/aromatic N) is 3. The summed E-state index contributed by atoms with van der Waals surface area (Å²) in [6, 6.07) is 6.26. The van der Waals surface area contributed by atoms with Gasteiger partial charge in [0.15, 0.2) is 0 Å². The predicted molar refractivity (Wildman–Crippen MR) is 88.4 cm³/mol. The quantitative estimate of drug-likeness (QED) is 0.883. The predicted octanol–water partition coefficient (Wildman–Crippen LogP) is 1.63. The van der Waals surface area contributed by atoms with Gasteiger partial charge in [0, 0.05) is 18.1 Å². The second kappa shape index (κ2) is 6.72. The Morgan fingerprint density at radius 2 is 2.12 bits per heavy atom. The van der Waals surface area contributed by atoms with Crippen LogP contribution in [0.3, 0.4) is 0 Å². The van der Waals surface area contributed by atoms with Gasteiger partial charge in [-0.05, 0) is 30.7 Å². The largest absolute Gasteiger partial charge is 0.495 e. The highest BCUT2D eigenvalue weighted by molar-refractivity contribution is 7.89. The van der Waals surface area contributed by atoms with E-state index in [-0.39, 0.29) is 23.8 Å². The molecule has 0 unspecified atom stereocenters. The Morgan fingerprint density at radius 1 is 1.33 bits per heavy atom. The number of halogens is 1. The van der Waals surface area contributed by atoms with Crippen molar-refractivity contribution in [2.45, 2.75) is 31.0 Å². The van der Waals surface area contributed by atoms with Gasteiger partial charge in [-0.3, -0.25) is 4.68 Å². The fourth-order valence-electron chi connectivity index (χ4n) is 2.77. The summed E-state index contributed by atoms with van der Waals surface area (Å²) < 4.78 is 34.5. The average Bonchev–Trinajstić information content (AvgIpc) is 2.85. The van der Waals surface area contributed by atoms with Gasteiger partial charge in [-0.2, -0.15) is 9.40 Å². The molecule has 9 heteroatoms. The molecule has 0 saturated carbocycles. The third-order valence-corrected chi connectivity index (χ3v) is 6.04. The number of sulfonamides is 1. The summed E-state index contributed by atoms with van der Waals surface area (Å²) in [4.78, 5) is 0.0489. The SMILES string of the molecule is COc1ccc(Cl)cc1S(=O)(=O)N1CCCn2nc(CO)cc2C1. The lowest BCUT2D eigenvalue weighted by Crippen LogP contribution is -2.31. The van der Waals surface area contributed by atoms with Crippen LogP contribution in [0.5, 0.6) is 5.75 Å². The zero-order chi connectivity index (χ0) is 17.3. The van der Waals surface area contributed by atoms with Gasteiger partial charge in [-0.25, -0.2) is 8.42 Å². The lowest BCUT2D eigenvalue weighted by Gasteiger charge is -2.21. The second-order valence-corrected chi connectivity index (χ2v) is 7.84. The van der Waals surface area contributed by atoms with Gasteiger partial charge < -0.3 is 9.84 Å². The van der Waals surface area contributed by atoms with E-state index in [0.29, 0.717) is 30.2 Å². The molecular weight excluding hydrogens is 354 g/mol. The van der Waals surface area contributed by atoms with Crippen molar-refractivity contribution >= 4 is 21.6 Å². The monoisotopic (exact) mass is 371 g/mol. The molecule has 0 aliphatic carbocycles. The molecule has 0 atom stereocenters. The number of methoxy groups -OCH3 is 1. The molecule has 0 spiro atoms. The van der Waals surface area contributed by atoms with Crippen LogP contribution in [0.15, 0.2) is 29.2 Å². The third kappa shape index (κ3) is 3.14. The molecule has 0 radical (unpaired) electrons. The first-order valence-corrected chi connectivity index (χ1v) is 9.27. The van der Waals surface area contributed by atoms with E-state index in [1.165, 1.54) is 17.5 Å². The zero-order valence-corrected chi connectivity index (χ0v) is 14.7. The van der Waals surface area contributed by atoms with Crippen LogP contribution in [0.4, 0.5) is 0 Å². The lowest BCUT2D eigenvalue weighted by atomic mass is 10.3. The van der Waals surface area contributed by atoms with Gasteiger partial charge in [0.25, 0.3) is 0 Å². The number of aromatic nitrogens is 2. The van der Waals surface area contributed by atoms with E-state index >= 15 is 0 Å². The maximum Gasteiger partial charge on any atom is 0.247 e. The van der Waals surface area contributed by atoms with Crippen molar-refractivity contribution in [1.29, 1.82) is 0 Å². The Labute approximate surface area is 145 Å². The van der Waals surface area contributed by atoms with Crippen LogP contribution >= 0.6 is 11.6 Å². The minimum Gasteiger partial charge on any atom is -0.495 e. The van der Waals surface area contributed by atoms with Crippen LogP contribution in [0.25, 0.3) is 0 Å². The maximum atomic E-state index is 13.1. The fraction of sp³-hybridized carbons (Fsp3) is 0.400. The minimum absolute atomic E-state index is 0.0489. The maximum absolute atomic E-state index is 13.1. The van der Waals surface area contributed by atoms with Gasteiger partial charge >= 0.3 is 0 Å². The summed E-state index contributed by atoms with van der Waals surface area (Å²) in [6.45, 7) is 0.990. The van der Waals surface area contributed by atoms with Crippen LogP contribution in [0.2, 0.25) is 5.02 Å². The first-order valence-electron chi connectivity index (χ1n) is 7.46. The Morgan fingerprint density at radius 3 is 2.83 bits per heavy atom. The number of hydrogen-bond donors (Lipinski definition) is 1. The lowest BCUT2D eigenvalue weighted by molar-refractivity contribution is 0.275. The van der Waals surface area contributed by atoms with Gasteiger partial charge in [0.05, 0.1) is 31.6 Å². The highest BCUT2D eigenvalue weighted by atomic mass is 35.5.